The number of hydrogen-bond donors (Lipinski definition) is 1. The van der Waals surface area contributed by atoms with Gasteiger partial charge in [0.05, 0.1) is 23.3 Å². The molecule has 3 aromatic rings. The molecule has 1 unspecified atom stereocenters. The van der Waals surface area contributed by atoms with E-state index < -0.39 is 0 Å². The normalized spacial score (nSPS) is 15.8. The monoisotopic (exact) mass is 441 g/mol. The predicted molar refractivity (Wildman–Crippen MR) is 134 cm³/mol. The van der Waals surface area contributed by atoms with Crippen molar-refractivity contribution < 1.29 is 4.79 Å². The number of allylic oxidation sites excluding steroid dienone is 2. The van der Waals surface area contributed by atoms with Crippen LogP contribution in [-0.4, -0.2) is 51.0 Å². The van der Waals surface area contributed by atoms with Crippen LogP contribution in [0, 0.1) is 6.92 Å². The van der Waals surface area contributed by atoms with Gasteiger partial charge in [0, 0.05) is 30.5 Å². The average molecular weight is 442 g/mol. The summed E-state index contributed by atoms with van der Waals surface area (Å²) in [6.45, 7) is 12.4. The summed E-state index contributed by atoms with van der Waals surface area (Å²) in [5, 5.41) is 4.13. The van der Waals surface area contributed by atoms with Crippen molar-refractivity contribution in [2.24, 2.45) is 0 Å². The molecule has 1 atom stereocenters. The highest BCUT2D eigenvalue weighted by atomic mass is 16.1. The van der Waals surface area contributed by atoms with Crippen molar-refractivity contribution in [3.05, 3.63) is 91.1 Å². The van der Waals surface area contributed by atoms with Gasteiger partial charge in [-0.1, -0.05) is 49.9 Å². The van der Waals surface area contributed by atoms with Crippen LogP contribution in [0.15, 0.2) is 79.9 Å². The number of aryl methyl sites for hydroxylation is 1. The molecule has 6 nitrogen and oxygen atoms in total. The van der Waals surface area contributed by atoms with Crippen molar-refractivity contribution in [3.8, 4) is 5.82 Å². The first kappa shape index (κ1) is 22.7. The number of nitrogens with zero attached hydrogens (tertiary/aromatic N) is 4. The summed E-state index contributed by atoms with van der Waals surface area (Å²) in [7, 11) is 0. The molecule has 1 fully saturated rings. The summed E-state index contributed by atoms with van der Waals surface area (Å²) in [6, 6.07) is 6.10. The Bertz CT molecular complexity index is 1170. The summed E-state index contributed by atoms with van der Waals surface area (Å²) < 4.78 is 1.93. The maximum atomic E-state index is 13.5. The number of aromatic nitrogens is 3. The third-order valence-electron chi connectivity index (χ3n) is 6.30. The van der Waals surface area contributed by atoms with E-state index in [-0.39, 0.29) is 11.9 Å². The SMILES string of the molecule is C=C/C=C(\C=C)C(CNC(=O)c1cn(-c2cnccn2)c2cccc(C)c12)N1CCCCC1. The van der Waals surface area contributed by atoms with Crippen LogP contribution < -0.4 is 5.32 Å². The van der Waals surface area contributed by atoms with E-state index in [1.807, 2.05) is 48.0 Å². The van der Waals surface area contributed by atoms with Crippen LogP contribution in [0.25, 0.3) is 16.7 Å². The molecule has 2 aromatic heterocycles. The van der Waals surface area contributed by atoms with Crippen LogP contribution in [0.5, 0.6) is 0 Å². The Morgan fingerprint density at radius 3 is 2.73 bits per heavy atom. The Labute approximate surface area is 195 Å². The van der Waals surface area contributed by atoms with Gasteiger partial charge in [-0.25, -0.2) is 4.98 Å². The number of carbonyl (C=O) groups is 1. The van der Waals surface area contributed by atoms with Crippen molar-refractivity contribution >= 4 is 16.8 Å². The Kier molecular flexibility index (Phi) is 7.15. The van der Waals surface area contributed by atoms with Gasteiger partial charge in [-0.15, -0.1) is 0 Å². The summed E-state index contributed by atoms with van der Waals surface area (Å²) in [4.78, 5) is 24.5. The van der Waals surface area contributed by atoms with Crippen LogP contribution >= 0.6 is 0 Å². The lowest BCUT2D eigenvalue weighted by molar-refractivity contribution is 0.0936. The first-order valence-corrected chi connectivity index (χ1v) is 11.5. The Morgan fingerprint density at radius 2 is 2.03 bits per heavy atom. The summed E-state index contributed by atoms with van der Waals surface area (Å²) in [5.74, 6) is 0.585. The molecule has 6 heteroatoms. The molecule has 1 aromatic carbocycles. The molecule has 0 spiro atoms. The van der Waals surface area contributed by atoms with Gasteiger partial charge < -0.3 is 5.32 Å². The number of carbonyl (C=O) groups excluding carboxylic acids is 1. The molecule has 1 aliphatic heterocycles. The number of hydrogen-bond acceptors (Lipinski definition) is 4. The number of rotatable bonds is 8. The van der Waals surface area contributed by atoms with E-state index in [9.17, 15) is 4.79 Å². The molecule has 0 bridgehead atoms. The minimum atomic E-state index is -0.0963. The molecule has 0 aliphatic carbocycles. The fourth-order valence-corrected chi connectivity index (χ4v) is 4.67. The van der Waals surface area contributed by atoms with Gasteiger partial charge in [0.1, 0.15) is 0 Å². The molecule has 33 heavy (non-hydrogen) atoms. The fraction of sp³-hybridized carbons (Fsp3) is 0.296. The molecule has 1 N–H and O–H groups in total. The fourth-order valence-electron chi connectivity index (χ4n) is 4.67. The quantitative estimate of drug-likeness (QED) is 0.519. The molecule has 3 heterocycles. The van der Waals surface area contributed by atoms with Gasteiger partial charge in [0.15, 0.2) is 5.82 Å². The molecule has 0 radical (unpaired) electrons. The first-order chi connectivity index (χ1) is 16.1. The number of piperidine rings is 1. The molecule has 1 saturated heterocycles. The van der Waals surface area contributed by atoms with Gasteiger partial charge in [0.2, 0.25) is 0 Å². The molecular formula is C27H31N5O. The highest BCUT2D eigenvalue weighted by Crippen LogP contribution is 2.27. The van der Waals surface area contributed by atoms with Gasteiger partial charge in [-0.05, 0) is 50.1 Å². The maximum Gasteiger partial charge on any atom is 0.253 e. The van der Waals surface area contributed by atoms with E-state index in [0.29, 0.717) is 17.9 Å². The van der Waals surface area contributed by atoms with Gasteiger partial charge in [0.25, 0.3) is 5.91 Å². The van der Waals surface area contributed by atoms with Crippen molar-refractivity contribution in [1.29, 1.82) is 0 Å². The van der Waals surface area contributed by atoms with Crippen LogP contribution in [-0.2, 0) is 0 Å². The number of fused-ring (bicyclic) bond motifs is 1. The molecule has 170 valence electrons. The van der Waals surface area contributed by atoms with E-state index in [1.165, 1.54) is 19.3 Å². The van der Waals surface area contributed by atoms with E-state index in [4.69, 9.17) is 0 Å². The lowest BCUT2D eigenvalue weighted by Crippen LogP contribution is -2.47. The third-order valence-corrected chi connectivity index (χ3v) is 6.30. The summed E-state index contributed by atoms with van der Waals surface area (Å²) in [6.07, 6.45) is 16.1. The minimum Gasteiger partial charge on any atom is -0.350 e. The van der Waals surface area contributed by atoms with Crippen molar-refractivity contribution in [3.63, 3.8) is 0 Å². The third kappa shape index (κ3) is 4.81. The van der Waals surface area contributed by atoms with Crippen LogP contribution in [0.1, 0.15) is 35.2 Å². The largest absolute Gasteiger partial charge is 0.350 e. The van der Waals surface area contributed by atoms with E-state index in [0.717, 1.165) is 35.1 Å². The van der Waals surface area contributed by atoms with Crippen LogP contribution in [0.3, 0.4) is 0 Å². The highest BCUT2D eigenvalue weighted by molar-refractivity contribution is 6.08. The summed E-state index contributed by atoms with van der Waals surface area (Å²) >= 11 is 0. The number of nitrogens with one attached hydrogen (secondary N) is 1. The Hall–Kier alpha value is -3.51. The van der Waals surface area contributed by atoms with Crippen molar-refractivity contribution in [2.45, 2.75) is 32.2 Å². The second kappa shape index (κ2) is 10.4. The zero-order chi connectivity index (χ0) is 23.2. The van der Waals surface area contributed by atoms with E-state index >= 15 is 0 Å². The number of likely N-dealkylation sites (tertiary alicyclic amines) is 1. The topological polar surface area (TPSA) is 63.1 Å². The van der Waals surface area contributed by atoms with Gasteiger partial charge in [-0.3, -0.25) is 19.2 Å². The Balaban J connectivity index is 1.65. The van der Waals surface area contributed by atoms with Crippen LogP contribution in [0.4, 0.5) is 0 Å². The molecular weight excluding hydrogens is 410 g/mol. The smallest absolute Gasteiger partial charge is 0.253 e. The molecule has 4 rings (SSSR count). The lowest BCUT2D eigenvalue weighted by Gasteiger charge is -2.35. The van der Waals surface area contributed by atoms with Crippen LogP contribution in [0.2, 0.25) is 0 Å². The maximum absolute atomic E-state index is 13.5. The zero-order valence-corrected chi connectivity index (χ0v) is 19.2. The lowest BCUT2D eigenvalue weighted by atomic mass is 10.0. The van der Waals surface area contributed by atoms with Gasteiger partial charge in [-0.2, -0.15) is 0 Å². The second-order valence-corrected chi connectivity index (χ2v) is 8.37. The van der Waals surface area contributed by atoms with Crippen molar-refractivity contribution in [1.82, 2.24) is 24.8 Å². The molecule has 0 saturated carbocycles. The molecule has 1 aliphatic rings. The zero-order valence-electron chi connectivity index (χ0n) is 19.2. The first-order valence-electron chi connectivity index (χ1n) is 11.5. The second-order valence-electron chi connectivity index (χ2n) is 8.37. The average Bonchev–Trinajstić information content (AvgIpc) is 3.26. The highest BCUT2D eigenvalue weighted by Gasteiger charge is 2.25. The van der Waals surface area contributed by atoms with Crippen molar-refractivity contribution in [2.75, 3.05) is 19.6 Å². The van der Waals surface area contributed by atoms with E-state index in [1.54, 1.807) is 24.7 Å². The molecule has 1 amide bonds. The predicted octanol–water partition coefficient (Wildman–Crippen LogP) is 4.61. The Morgan fingerprint density at radius 1 is 1.21 bits per heavy atom. The minimum absolute atomic E-state index is 0.0687. The summed E-state index contributed by atoms with van der Waals surface area (Å²) in [5.41, 5.74) is 3.70. The number of amides is 1. The standard InChI is InChI=1S/C27H31N5O/c1-4-10-21(5-2)24(31-15-7-6-8-16-31)17-30-27(33)22-19-32(25-18-28-13-14-29-25)23-12-9-11-20(3)26(22)23/h4-5,9-14,18-19,24H,1-2,6-8,15-17H2,3H3,(H,30,33)/b21-10+. The van der Waals surface area contributed by atoms with E-state index in [2.05, 4.69) is 33.3 Å². The van der Waals surface area contributed by atoms with Gasteiger partial charge >= 0.3 is 0 Å². The number of benzene rings is 1.